The Morgan fingerprint density at radius 2 is 2.00 bits per heavy atom. The van der Waals surface area contributed by atoms with Gasteiger partial charge < -0.3 is 15.4 Å². The lowest BCUT2D eigenvalue weighted by atomic mass is 9.85. The summed E-state index contributed by atoms with van der Waals surface area (Å²) in [6.45, 7) is 2.23. The van der Waals surface area contributed by atoms with Crippen LogP contribution >= 0.6 is 11.3 Å². The molecule has 1 fully saturated rings. The van der Waals surface area contributed by atoms with Gasteiger partial charge in [0, 0.05) is 36.5 Å². The van der Waals surface area contributed by atoms with Gasteiger partial charge in [0.15, 0.2) is 0 Å². The number of nitrogens with zero attached hydrogens (tertiary/aromatic N) is 1. The molecule has 0 radical (unpaired) electrons. The SMILES string of the molecule is COc1ccc(C2C(CNC(=O)CCCNC(=O)c3ccsc3)CCCN2C)cc1. The number of hydrogen-bond donors (Lipinski definition) is 2. The van der Waals surface area contributed by atoms with Crippen LogP contribution in [0.1, 0.15) is 47.6 Å². The number of nitrogens with one attached hydrogen (secondary N) is 2. The van der Waals surface area contributed by atoms with Crippen LogP contribution in [0.4, 0.5) is 0 Å². The average molecular weight is 430 g/mol. The van der Waals surface area contributed by atoms with Crippen molar-refractivity contribution in [2.45, 2.75) is 31.7 Å². The molecular formula is C23H31N3O3S. The van der Waals surface area contributed by atoms with Crippen LogP contribution in [-0.4, -0.2) is 50.5 Å². The van der Waals surface area contributed by atoms with Crippen molar-refractivity contribution in [1.29, 1.82) is 0 Å². The van der Waals surface area contributed by atoms with Gasteiger partial charge in [-0.3, -0.25) is 14.5 Å². The molecule has 162 valence electrons. The minimum atomic E-state index is -0.0794. The van der Waals surface area contributed by atoms with Gasteiger partial charge in [-0.25, -0.2) is 0 Å². The van der Waals surface area contributed by atoms with Crippen molar-refractivity contribution < 1.29 is 14.3 Å². The topological polar surface area (TPSA) is 70.7 Å². The number of carbonyl (C=O) groups is 2. The number of likely N-dealkylation sites (tertiary alicyclic amines) is 1. The summed E-state index contributed by atoms with van der Waals surface area (Å²) in [6.07, 6.45) is 3.28. The summed E-state index contributed by atoms with van der Waals surface area (Å²) in [5, 5.41) is 9.67. The molecule has 6 nitrogen and oxygen atoms in total. The smallest absolute Gasteiger partial charge is 0.252 e. The normalized spacial score (nSPS) is 19.3. The Hall–Kier alpha value is -2.38. The summed E-state index contributed by atoms with van der Waals surface area (Å²) < 4.78 is 5.28. The van der Waals surface area contributed by atoms with Crippen LogP contribution in [0, 0.1) is 5.92 Å². The Kier molecular flexibility index (Phi) is 8.28. The van der Waals surface area contributed by atoms with Gasteiger partial charge in [0.25, 0.3) is 5.91 Å². The predicted molar refractivity (Wildman–Crippen MR) is 120 cm³/mol. The minimum Gasteiger partial charge on any atom is -0.497 e. The highest BCUT2D eigenvalue weighted by Gasteiger charge is 2.30. The fourth-order valence-corrected chi connectivity index (χ4v) is 4.72. The van der Waals surface area contributed by atoms with Gasteiger partial charge in [0.1, 0.15) is 5.75 Å². The summed E-state index contributed by atoms with van der Waals surface area (Å²) in [7, 11) is 3.83. The summed E-state index contributed by atoms with van der Waals surface area (Å²) >= 11 is 1.50. The van der Waals surface area contributed by atoms with Gasteiger partial charge in [-0.15, -0.1) is 0 Å². The van der Waals surface area contributed by atoms with Crippen molar-refractivity contribution in [3.8, 4) is 5.75 Å². The molecule has 2 heterocycles. The number of piperidine rings is 1. The third-order valence-electron chi connectivity index (χ3n) is 5.68. The second-order valence-electron chi connectivity index (χ2n) is 7.78. The molecule has 30 heavy (non-hydrogen) atoms. The van der Waals surface area contributed by atoms with Crippen LogP contribution < -0.4 is 15.4 Å². The summed E-state index contributed by atoms with van der Waals surface area (Å²) in [6, 6.07) is 10.3. The van der Waals surface area contributed by atoms with E-state index in [2.05, 4.69) is 34.7 Å². The molecule has 1 aliphatic heterocycles. The van der Waals surface area contributed by atoms with E-state index in [-0.39, 0.29) is 17.9 Å². The monoisotopic (exact) mass is 429 g/mol. The highest BCUT2D eigenvalue weighted by molar-refractivity contribution is 7.08. The molecule has 0 aliphatic carbocycles. The standard InChI is InChI=1S/C23H31N3O3S/c1-26-13-4-5-18(22(26)17-7-9-20(29-2)10-8-17)15-25-21(27)6-3-12-24-23(28)19-11-14-30-16-19/h7-11,14,16,18,22H,3-6,12-13,15H2,1-2H3,(H,24,28)(H,25,27). The molecule has 2 amide bonds. The second-order valence-corrected chi connectivity index (χ2v) is 8.56. The van der Waals surface area contributed by atoms with Crippen LogP contribution in [0.15, 0.2) is 41.1 Å². The molecule has 1 aliphatic rings. The lowest BCUT2D eigenvalue weighted by Gasteiger charge is -2.39. The predicted octanol–water partition coefficient (Wildman–Crippen LogP) is 3.47. The maximum atomic E-state index is 12.3. The first-order chi connectivity index (χ1) is 14.6. The van der Waals surface area contributed by atoms with E-state index in [0.717, 1.165) is 25.1 Å². The number of amides is 2. The first-order valence-electron chi connectivity index (χ1n) is 10.5. The van der Waals surface area contributed by atoms with Gasteiger partial charge >= 0.3 is 0 Å². The molecule has 2 unspecified atom stereocenters. The largest absolute Gasteiger partial charge is 0.497 e. The quantitative estimate of drug-likeness (QED) is 0.599. The van der Waals surface area contributed by atoms with Crippen molar-refractivity contribution >= 4 is 23.2 Å². The lowest BCUT2D eigenvalue weighted by Crippen LogP contribution is -2.41. The maximum Gasteiger partial charge on any atom is 0.252 e. The van der Waals surface area contributed by atoms with E-state index < -0.39 is 0 Å². The summed E-state index contributed by atoms with van der Waals surface area (Å²) in [4.78, 5) is 26.6. The summed E-state index contributed by atoms with van der Waals surface area (Å²) in [5.74, 6) is 1.19. The summed E-state index contributed by atoms with van der Waals surface area (Å²) in [5.41, 5.74) is 1.93. The molecule has 3 rings (SSSR count). The van der Waals surface area contributed by atoms with Crippen molar-refractivity contribution in [3.05, 3.63) is 52.2 Å². The third-order valence-corrected chi connectivity index (χ3v) is 6.36. The number of rotatable bonds is 9. The van der Waals surface area contributed by atoms with Gasteiger partial charge in [-0.1, -0.05) is 12.1 Å². The van der Waals surface area contributed by atoms with Crippen molar-refractivity contribution in [2.24, 2.45) is 5.92 Å². The highest BCUT2D eigenvalue weighted by Crippen LogP contribution is 2.35. The van der Waals surface area contributed by atoms with E-state index in [4.69, 9.17) is 4.74 Å². The average Bonchev–Trinajstić information content (AvgIpc) is 3.30. The molecule has 2 aromatic rings. The highest BCUT2D eigenvalue weighted by atomic mass is 32.1. The molecule has 0 saturated carbocycles. The number of benzene rings is 1. The molecule has 2 atom stereocenters. The molecule has 0 bridgehead atoms. The first kappa shape index (κ1) is 22.3. The zero-order chi connectivity index (χ0) is 21.3. The van der Waals surface area contributed by atoms with E-state index in [1.165, 1.54) is 16.9 Å². The molecule has 7 heteroatoms. The van der Waals surface area contributed by atoms with Crippen LogP contribution in [0.5, 0.6) is 5.75 Å². The van der Waals surface area contributed by atoms with E-state index >= 15 is 0 Å². The second kappa shape index (κ2) is 11.1. The van der Waals surface area contributed by atoms with E-state index in [0.29, 0.717) is 37.4 Å². The van der Waals surface area contributed by atoms with Gasteiger partial charge in [0.05, 0.1) is 7.11 Å². The zero-order valence-corrected chi connectivity index (χ0v) is 18.5. The maximum absolute atomic E-state index is 12.3. The lowest BCUT2D eigenvalue weighted by molar-refractivity contribution is -0.121. The molecule has 0 spiro atoms. The van der Waals surface area contributed by atoms with Gasteiger partial charge in [-0.2, -0.15) is 11.3 Å². The molecule has 1 aromatic carbocycles. The van der Waals surface area contributed by atoms with Gasteiger partial charge in [0.2, 0.25) is 5.91 Å². The van der Waals surface area contributed by atoms with Gasteiger partial charge in [-0.05, 0) is 67.9 Å². The fourth-order valence-electron chi connectivity index (χ4n) is 4.08. The number of thiophene rings is 1. The zero-order valence-electron chi connectivity index (χ0n) is 17.7. The van der Waals surface area contributed by atoms with Crippen LogP contribution in [0.3, 0.4) is 0 Å². The third kappa shape index (κ3) is 6.06. The molecule has 2 N–H and O–H groups in total. The van der Waals surface area contributed by atoms with Crippen LogP contribution in [-0.2, 0) is 4.79 Å². The molecular weight excluding hydrogens is 398 g/mol. The van der Waals surface area contributed by atoms with Crippen LogP contribution in [0.2, 0.25) is 0 Å². The number of methoxy groups -OCH3 is 1. The van der Waals surface area contributed by atoms with Crippen molar-refractivity contribution in [3.63, 3.8) is 0 Å². The number of hydrogen-bond acceptors (Lipinski definition) is 5. The Morgan fingerprint density at radius 1 is 1.20 bits per heavy atom. The molecule has 1 saturated heterocycles. The van der Waals surface area contributed by atoms with Crippen molar-refractivity contribution in [1.82, 2.24) is 15.5 Å². The Bertz CT molecular complexity index is 808. The minimum absolute atomic E-state index is 0.0430. The first-order valence-corrected chi connectivity index (χ1v) is 11.4. The Morgan fingerprint density at radius 3 is 2.70 bits per heavy atom. The Labute approximate surface area is 182 Å². The van der Waals surface area contributed by atoms with E-state index in [1.807, 2.05) is 22.9 Å². The fraction of sp³-hybridized carbons (Fsp3) is 0.478. The van der Waals surface area contributed by atoms with Crippen LogP contribution in [0.25, 0.3) is 0 Å². The molecule has 1 aromatic heterocycles. The number of carbonyl (C=O) groups excluding carboxylic acids is 2. The van der Waals surface area contributed by atoms with E-state index in [1.54, 1.807) is 13.2 Å². The number of ether oxygens (including phenoxy) is 1. The Balaban J connectivity index is 1.44. The van der Waals surface area contributed by atoms with E-state index in [9.17, 15) is 9.59 Å². The van der Waals surface area contributed by atoms with Crippen molar-refractivity contribution in [2.75, 3.05) is 33.8 Å².